The van der Waals surface area contributed by atoms with Gasteiger partial charge < -0.3 is 4.98 Å². The molecule has 0 atom stereocenters. The monoisotopic (exact) mass is 240 g/mol. The van der Waals surface area contributed by atoms with Gasteiger partial charge in [-0.1, -0.05) is 29.3 Å². The lowest BCUT2D eigenvalue weighted by Crippen LogP contribution is -1.84. The molecule has 0 aliphatic carbocycles. The summed E-state index contributed by atoms with van der Waals surface area (Å²) in [6.07, 6.45) is 2.18. The second-order valence-corrected chi connectivity index (χ2v) is 3.68. The Morgan fingerprint density at radius 3 is 2.80 bits per heavy atom. The van der Waals surface area contributed by atoms with Crippen LogP contribution in [0.15, 0.2) is 24.4 Å². The summed E-state index contributed by atoms with van der Waals surface area (Å²) in [7, 11) is 0. The maximum atomic E-state index is 10.5. The minimum atomic E-state index is 0.334. The average molecular weight is 241 g/mol. The second-order valence-electron chi connectivity index (χ2n) is 2.89. The van der Waals surface area contributed by atoms with Gasteiger partial charge in [-0.05, 0) is 12.1 Å². The SMILES string of the molecule is O=Cc1c[nH]c(-c2cccc(Cl)c2Cl)n1. The van der Waals surface area contributed by atoms with Gasteiger partial charge >= 0.3 is 0 Å². The van der Waals surface area contributed by atoms with Crippen molar-refractivity contribution >= 4 is 29.5 Å². The minimum absolute atomic E-state index is 0.334. The number of hydrogen-bond acceptors (Lipinski definition) is 2. The molecule has 15 heavy (non-hydrogen) atoms. The van der Waals surface area contributed by atoms with E-state index in [1.54, 1.807) is 18.2 Å². The third-order valence-corrected chi connectivity index (χ3v) is 2.74. The summed E-state index contributed by atoms with van der Waals surface area (Å²) in [6.45, 7) is 0. The summed E-state index contributed by atoms with van der Waals surface area (Å²) in [5.41, 5.74) is 1.01. The number of H-pyrrole nitrogens is 1. The second kappa shape index (κ2) is 4.04. The molecule has 0 amide bonds. The highest BCUT2D eigenvalue weighted by atomic mass is 35.5. The van der Waals surface area contributed by atoms with Crippen LogP contribution in [0.25, 0.3) is 11.4 Å². The number of imidazole rings is 1. The lowest BCUT2D eigenvalue weighted by molar-refractivity contribution is 0.111. The van der Waals surface area contributed by atoms with Gasteiger partial charge in [-0.25, -0.2) is 4.98 Å². The summed E-state index contributed by atoms with van der Waals surface area (Å²) in [4.78, 5) is 17.4. The molecule has 1 aromatic carbocycles. The van der Waals surface area contributed by atoms with Crippen LogP contribution in [0.3, 0.4) is 0 Å². The van der Waals surface area contributed by atoms with E-state index in [0.717, 1.165) is 0 Å². The third kappa shape index (κ3) is 1.89. The standard InChI is InChI=1S/C10H6Cl2N2O/c11-8-3-1-2-7(9(8)12)10-13-4-6(5-15)14-10/h1-5H,(H,13,14). The Kier molecular flexibility index (Phi) is 2.75. The summed E-state index contributed by atoms with van der Waals surface area (Å²) in [5, 5.41) is 0.879. The van der Waals surface area contributed by atoms with Crippen molar-refractivity contribution in [2.24, 2.45) is 0 Å². The first-order valence-electron chi connectivity index (χ1n) is 4.17. The van der Waals surface area contributed by atoms with Gasteiger partial charge in [0.05, 0.1) is 10.0 Å². The van der Waals surface area contributed by atoms with Crippen molar-refractivity contribution in [1.82, 2.24) is 9.97 Å². The molecule has 0 unspecified atom stereocenters. The fourth-order valence-corrected chi connectivity index (χ4v) is 1.61. The van der Waals surface area contributed by atoms with E-state index in [9.17, 15) is 4.79 Å². The highest BCUT2D eigenvalue weighted by molar-refractivity contribution is 6.43. The number of aromatic nitrogens is 2. The highest BCUT2D eigenvalue weighted by Crippen LogP contribution is 2.31. The molecule has 76 valence electrons. The smallest absolute Gasteiger partial charge is 0.170 e. The van der Waals surface area contributed by atoms with Gasteiger partial charge in [0.25, 0.3) is 0 Å². The van der Waals surface area contributed by atoms with Crippen molar-refractivity contribution < 1.29 is 4.79 Å². The molecule has 1 heterocycles. The lowest BCUT2D eigenvalue weighted by atomic mass is 10.2. The van der Waals surface area contributed by atoms with Crippen molar-refractivity contribution in [3.05, 3.63) is 40.1 Å². The van der Waals surface area contributed by atoms with Crippen molar-refractivity contribution in [2.75, 3.05) is 0 Å². The summed E-state index contributed by atoms with van der Waals surface area (Å²) in [6, 6.07) is 5.24. The van der Waals surface area contributed by atoms with E-state index in [1.165, 1.54) is 6.20 Å². The van der Waals surface area contributed by atoms with Crippen LogP contribution < -0.4 is 0 Å². The number of nitrogens with one attached hydrogen (secondary N) is 1. The molecular formula is C10H6Cl2N2O. The number of aldehydes is 1. The normalized spacial score (nSPS) is 10.3. The zero-order chi connectivity index (χ0) is 10.8. The molecule has 0 aliphatic heterocycles. The van der Waals surface area contributed by atoms with Crippen LogP contribution in [-0.2, 0) is 0 Å². The molecule has 2 rings (SSSR count). The summed E-state index contributed by atoms with van der Waals surface area (Å²) < 4.78 is 0. The zero-order valence-electron chi connectivity index (χ0n) is 7.50. The molecule has 3 nitrogen and oxygen atoms in total. The number of rotatable bonds is 2. The molecule has 0 fully saturated rings. The van der Waals surface area contributed by atoms with Crippen LogP contribution in [0.1, 0.15) is 10.5 Å². The number of halogens is 2. The molecule has 2 aromatic rings. The van der Waals surface area contributed by atoms with Crippen LogP contribution in [0, 0.1) is 0 Å². The van der Waals surface area contributed by atoms with E-state index in [0.29, 0.717) is 33.4 Å². The van der Waals surface area contributed by atoms with E-state index >= 15 is 0 Å². The molecular weight excluding hydrogens is 235 g/mol. The van der Waals surface area contributed by atoms with E-state index in [-0.39, 0.29) is 0 Å². The Hall–Kier alpha value is -1.32. The van der Waals surface area contributed by atoms with E-state index in [4.69, 9.17) is 23.2 Å². The molecule has 0 radical (unpaired) electrons. The van der Waals surface area contributed by atoms with Gasteiger partial charge in [-0.2, -0.15) is 0 Å². The highest BCUT2D eigenvalue weighted by Gasteiger charge is 2.09. The Balaban J connectivity index is 2.53. The van der Waals surface area contributed by atoms with Gasteiger partial charge in [-0.3, -0.25) is 4.79 Å². The van der Waals surface area contributed by atoms with Crippen molar-refractivity contribution in [3.8, 4) is 11.4 Å². The molecule has 5 heteroatoms. The van der Waals surface area contributed by atoms with Gasteiger partial charge in [0.15, 0.2) is 6.29 Å². The Morgan fingerprint density at radius 2 is 2.13 bits per heavy atom. The zero-order valence-corrected chi connectivity index (χ0v) is 9.01. The van der Waals surface area contributed by atoms with Crippen molar-refractivity contribution in [2.45, 2.75) is 0 Å². The number of benzene rings is 1. The predicted octanol–water partition coefficient (Wildman–Crippen LogP) is 3.20. The average Bonchev–Trinajstić information content (AvgIpc) is 2.70. The number of carbonyl (C=O) groups is 1. The van der Waals surface area contributed by atoms with Crippen molar-refractivity contribution in [3.63, 3.8) is 0 Å². The van der Waals surface area contributed by atoms with Gasteiger partial charge in [0.2, 0.25) is 0 Å². The maximum Gasteiger partial charge on any atom is 0.170 e. The fourth-order valence-electron chi connectivity index (χ4n) is 1.22. The molecule has 0 bridgehead atoms. The first-order valence-corrected chi connectivity index (χ1v) is 4.93. The number of aromatic amines is 1. The third-order valence-electron chi connectivity index (χ3n) is 1.93. The first kappa shape index (κ1) is 10.2. The molecule has 0 aliphatic rings. The Morgan fingerprint density at radius 1 is 1.33 bits per heavy atom. The number of carbonyl (C=O) groups excluding carboxylic acids is 1. The minimum Gasteiger partial charge on any atom is -0.344 e. The van der Waals surface area contributed by atoms with E-state index < -0.39 is 0 Å². The first-order chi connectivity index (χ1) is 7.22. The van der Waals surface area contributed by atoms with Crippen LogP contribution in [0.5, 0.6) is 0 Å². The Bertz CT molecular complexity index is 508. The predicted molar refractivity (Wildman–Crippen MR) is 59.4 cm³/mol. The van der Waals surface area contributed by atoms with Crippen molar-refractivity contribution in [1.29, 1.82) is 0 Å². The quantitative estimate of drug-likeness (QED) is 0.820. The molecule has 0 saturated heterocycles. The molecule has 1 aromatic heterocycles. The van der Waals surface area contributed by atoms with Crippen LogP contribution >= 0.6 is 23.2 Å². The summed E-state index contributed by atoms with van der Waals surface area (Å²) >= 11 is 11.9. The molecule has 0 saturated carbocycles. The van der Waals surface area contributed by atoms with Crippen LogP contribution in [-0.4, -0.2) is 16.3 Å². The Labute approximate surface area is 96.1 Å². The van der Waals surface area contributed by atoms with E-state index in [1.807, 2.05) is 0 Å². The largest absolute Gasteiger partial charge is 0.344 e. The van der Waals surface area contributed by atoms with Gasteiger partial charge in [-0.15, -0.1) is 0 Å². The van der Waals surface area contributed by atoms with E-state index in [2.05, 4.69) is 9.97 Å². The topological polar surface area (TPSA) is 45.8 Å². The molecule has 1 N–H and O–H groups in total. The molecule has 0 spiro atoms. The van der Waals surface area contributed by atoms with Gasteiger partial charge in [0, 0.05) is 11.8 Å². The fraction of sp³-hybridized carbons (Fsp3) is 0. The lowest BCUT2D eigenvalue weighted by Gasteiger charge is -2.01. The van der Waals surface area contributed by atoms with Crippen LogP contribution in [0.4, 0.5) is 0 Å². The van der Waals surface area contributed by atoms with Crippen LogP contribution in [0.2, 0.25) is 10.0 Å². The summed E-state index contributed by atoms with van der Waals surface area (Å²) in [5.74, 6) is 0.532. The van der Waals surface area contributed by atoms with Gasteiger partial charge in [0.1, 0.15) is 11.5 Å². The number of hydrogen-bond donors (Lipinski definition) is 1. The maximum absolute atomic E-state index is 10.5. The number of nitrogens with zero attached hydrogens (tertiary/aromatic N) is 1.